The summed E-state index contributed by atoms with van der Waals surface area (Å²) in [4.78, 5) is 2.49. The van der Waals surface area contributed by atoms with Crippen molar-refractivity contribution in [2.24, 2.45) is 0 Å². The third-order valence-corrected chi connectivity index (χ3v) is 7.98. The second-order valence-corrected chi connectivity index (χ2v) is 10.1. The van der Waals surface area contributed by atoms with E-state index >= 15 is 0 Å². The van der Waals surface area contributed by atoms with Crippen molar-refractivity contribution in [3.8, 4) is 17.2 Å². The number of methoxy groups -OCH3 is 2. The van der Waals surface area contributed by atoms with Crippen molar-refractivity contribution in [3.05, 3.63) is 76.9 Å². The van der Waals surface area contributed by atoms with Crippen molar-refractivity contribution >= 4 is 15.8 Å². The fraction of sp³-hybridized carbons (Fsp3) is 0.308. The molecule has 34 heavy (non-hydrogen) atoms. The van der Waals surface area contributed by atoms with Gasteiger partial charge < -0.3 is 19.0 Å². The van der Waals surface area contributed by atoms with Crippen LogP contribution in [-0.2, 0) is 29.5 Å². The summed E-state index contributed by atoms with van der Waals surface area (Å²) in [6.45, 7) is 1.45. The Morgan fingerprint density at radius 2 is 1.74 bits per heavy atom. The number of benzene rings is 3. The van der Waals surface area contributed by atoms with Crippen LogP contribution in [0.4, 0.5) is 5.69 Å². The maximum Gasteiger partial charge on any atom is 0.339 e. The van der Waals surface area contributed by atoms with Crippen molar-refractivity contribution in [1.29, 1.82) is 0 Å². The Morgan fingerprint density at radius 1 is 0.971 bits per heavy atom. The van der Waals surface area contributed by atoms with Gasteiger partial charge in [0.25, 0.3) is 0 Å². The summed E-state index contributed by atoms with van der Waals surface area (Å²) in [5, 5.41) is 3.21. The molecule has 0 spiro atoms. The molecule has 1 unspecified atom stereocenters. The van der Waals surface area contributed by atoms with Crippen molar-refractivity contribution < 1.29 is 22.1 Å². The Kier molecular flexibility index (Phi) is 5.87. The lowest BCUT2D eigenvalue weighted by molar-refractivity contribution is 0.159. The summed E-state index contributed by atoms with van der Waals surface area (Å²) in [7, 11) is 1.11. The minimum Gasteiger partial charge on any atom is -0.495 e. The topological polar surface area (TPSA) is 77.1 Å². The van der Waals surface area contributed by atoms with Crippen molar-refractivity contribution in [3.63, 3.8) is 0 Å². The number of nitrogens with zero attached hydrogens (tertiary/aromatic N) is 1. The van der Waals surface area contributed by atoms with E-state index in [0.29, 0.717) is 12.3 Å². The molecule has 0 aliphatic carbocycles. The fourth-order valence-electron chi connectivity index (χ4n) is 5.00. The maximum atomic E-state index is 13.0. The minimum atomic E-state index is -4.00. The summed E-state index contributed by atoms with van der Waals surface area (Å²) >= 11 is 0. The lowest BCUT2D eigenvalue weighted by Gasteiger charge is -2.42. The lowest BCUT2D eigenvalue weighted by Crippen LogP contribution is -2.39. The van der Waals surface area contributed by atoms with Gasteiger partial charge in [0.1, 0.15) is 10.6 Å². The van der Waals surface area contributed by atoms with E-state index in [-0.39, 0.29) is 16.7 Å². The molecule has 0 bridgehead atoms. The van der Waals surface area contributed by atoms with Crippen molar-refractivity contribution in [2.45, 2.75) is 30.3 Å². The molecule has 1 atom stereocenters. The van der Waals surface area contributed by atoms with Crippen LogP contribution in [0.25, 0.3) is 0 Å². The highest BCUT2D eigenvalue weighted by atomic mass is 32.2. The van der Waals surface area contributed by atoms with E-state index in [2.05, 4.69) is 22.3 Å². The monoisotopic (exact) mass is 480 g/mol. The van der Waals surface area contributed by atoms with Gasteiger partial charge in [-0.25, -0.2) is 0 Å². The zero-order valence-electron chi connectivity index (χ0n) is 19.5. The van der Waals surface area contributed by atoms with Gasteiger partial charge in [-0.05, 0) is 59.9 Å². The predicted octanol–water partition coefficient (Wildman–Crippen LogP) is 4.17. The van der Waals surface area contributed by atoms with Gasteiger partial charge >= 0.3 is 10.1 Å². The lowest BCUT2D eigenvalue weighted by atomic mass is 9.83. The Labute approximate surface area is 200 Å². The molecular weight excluding hydrogens is 452 g/mol. The third kappa shape index (κ3) is 3.86. The zero-order chi connectivity index (χ0) is 23.9. The van der Waals surface area contributed by atoms with Crippen LogP contribution in [0.2, 0.25) is 0 Å². The number of rotatable bonds is 6. The molecule has 178 valence electrons. The Balaban J connectivity index is 1.54. The van der Waals surface area contributed by atoms with Crippen LogP contribution in [0.15, 0.2) is 59.5 Å². The molecule has 2 aliphatic heterocycles. The molecule has 0 saturated carbocycles. The smallest absolute Gasteiger partial charge is 0.339 e. The molecule has 0 fully saturated rings. The van der Waals surface area contributed by atoms with Gasteiger partial charge in [-0.15, -0.1) is 0 Å². The van der Waals surface area contributed by atoms with E-state index in [1.807, 2.05) is 13.1 Å². The maximum absolute atomic E-state index is 13.0. The first-order valence-corrected chi connectivity index (χ1v) is 12.7. The highest BCUT2D eigenvalue weighted by Crippen LogP contribution is 2.46. The average molecular weight is 481 g/mol. The quantitative estimate of drug-likeness (QED) is 0.531. The number of fused-ring (bicyclic) bond motifs is 4. The second kappa shape index (κ2) is 8.85. The SMILES string of the molecule is CNc1cc2c(cc1OC)C1Cc3ccc(OC)c(OS(=O)(=O)c4ccccc4)c3CN1CC2. The molecule has 0 saturated heterocycles. The summed E-state index contributed by atoms with van der Waals surface area (Å²) in [6.07, 6.45) is 1.65. The number of ether oxygens (including phenoxy) is 2. The standard InChI is InChI=1S/C26H28N2O5S/c1-27-22-13-18-11-12-28-16-21-17(14-23(28)20(18)15-25(22)32-3)9-10-24(31-2)26(21)33-34(29,30)19-7-5-4-6-8-19/h4-10,13,15,23,27H,11-12,14,16H2,1-3H3. The number of hydrogen-bond donors (Lipinski definition) is 1. The van der Waals surface area contributed by atoms with Crippen LogP contribution in [-0.4, -0.2) is 41.1 Å². The molecule has 7 nitrogen and oxygen atoms in total. The highest BCUT2D eigenvalue weighted by Gasteiger charge is 2.36. The molecule has 8 heteroatoms. The average Bonchev–Trinajstić information content (AvgIpc) is 2.87. The Bertz CT molecular complexity index is 1320. The normalized spacial score (nSPS) is 17.2. The predicted molar refractivity (Wildman–Crippen MR) is 130 cm³/mol. The first-order valence-electron chi connectivity index (χ1n) is 11.3. The molecule has 5 rings (SSSR count). The molecule has 1 N–H and O–H groups in total. The summed E-state index contributed by atoms with van der Waals surface area (Å²) in [5.41, 5.74) is 5.47. The number of hydrogen-bond acceptors (Lipinski definition) is 7. The van der Waals surface area contributed by atoms with Crippen LogP contribution < -0.4 is 19.0 Å². The van der Waals surface area contributed by atoms with Crippen LogP contribution in [0.5, 0.6) is 17.2 Å². The van der Waals surface area contributed by atoms with Crippen LogP contribution in [0.3, 0.4) is 0 Å². The van der Waals surface area contributed by atoms with Gasteiger partial charge in [0.05, 0.1) is 19.9 Å². The number of nitrogens with one attached hydrogen (secondary N) is 1. The molecular formula is C26H28N2O5S. The van der Waals surface area contributed by atoms with Crippen molar-refractivity contribution in [2.75, 3.05) is 33.1 Å². The summed E-state index contributed by atoms with van der Waals surface area (Å²) in [5.74, 6) is 1.51. The third-order valence-electron chi connectivity index (χ3n) is 6.74. The van der Waals surface area contributed by atoms with E-state index in [1.54, 1.807) is 31.4 Å². The molecule has 0 radical (unpaired) electrons. The minimum absolute atomic E-state index is 0.114. The largest absolute Gasteiger partial charge is 0.495 e. The van der Waals surface area contributed by atoms with E-state index in [9.17, 15) is 8.42 Å². The Morgan fingerprint density at radius 3 is 2.44 bits per heavy atom. The fourth-order valence-corrected chi connectivity index (χ4v) is 5.99. The van der Waals surface area contributed by atoms with E-state index in [1.165, 1.54) is 30.4 Å². The van der Waals surface area contributed by atoms with Gasteiger partial charge in [-0.2, -0.15) is 8.42 Å². The summed E-state index contributed by atoms with van der Waals surface area (Å²) < 4.78 is 42.9. The molecule has 3 aromatic carbocycles. The molecule has 2 heterocycles. The van der Waals surface area contributed by atoms with Gasteiger partial charge in [0.2, 0.25) is 0 Å². The van der Waals surface area contributed by atoms with Gasteiger partial charge in [-0.1, -0.05) is 24.3 Å². The van der Waals surface area contributed by atoms with Crippen LogP contribution >= 0.6 is 0 Å². The molecule has 2 aliphatic rings. The van der Waals surface area contributed by atoms with Crippen LogP contribution in [0.1, 0.15) is 28.3 Å². The first-order chi connectivity index (χ1) is 16.4. The Hall–Kier alpha value is -3.23. The molecule has 0 aromatic heterocycles. The zero-order valence-corrected chi connectivity index (χ0v) is 20.3. The van der Waals surface area contributed by atoms with E-state index in [4.69, 9.17) is 13.7 Å². The van der Waals surface area contributed by atoms with E-state index < -0.39 is 10.1 Å². The highest BCUT2D eigenvalue weighted by molar-refractivity contribution is 7.87. The summed E-state index contributed by atoms with van der Waals surface area (Å²) in [6, 6.07) is 16.5. The first kappa shape index (κ1) is 22.6. The van der Waals surface area contributed by atoms with Gasteiger partial charge in [0.15, 0.2) is 11.5 Å². The van der Waals surface area contributed by atoms with E-state index in [0.717, 1.165) is 42.0 Å². The van der Waals surface area contributed by atoms with Crippen molar-refractivity contribution in [1.82, 2.24) is 4.90 Å². The number of anilines is 1. The molecule has 0 amide bonds. The van der Waals surface area contributed by atoms with Gasteiger partial charge in [-0.3, -0.25) is 4.90 Å². The van der Waals surface area contributed by atoms with Gasteiger partial charge in [0, 0.05) is 31.7 Å². The second-order valence-electron chi connectivity index (χ2n) is 8.53. The van der Waals surface area contributed by atoms with Crippen LogP contribution in [0, 0.1) is 0 Å². The molecule has 3 aromatic rings.